The molecule has 1 fully saturated rings. The summed E-state index contributed by atoms with van der Waals surface area (Å²) in [5.41, 5.74) is 3.98. The SMILES string of the molecule is CN1Cc2cc(NC(=O)c3cnn4cccnc34)c(N3CCOCC3)cc2C1=O. The van der Waals surface area contributed by atoms with Crippen LogP contribution in [0.15, 0.2) is 36.8 Å². The highest BCUT2D eigenvalue weighted by Gasteiger charge is 2.28. The van der Waals surface area contributed by atoms with Crippen molar-refractivity contribution in [3.05, 3.63) is 53.5 Å². The molecular weight excluding hydrogens is 372 g/mol. The molecule has 2 amide bonds. The van der Waals surface area contributed by atoms with Crippen molar-refractivity contribution >= 4 is 28.8 Å². The fourth-order valence-electron chi connectivity index (χ4n) is 3.84. The van der Waals surface area contributed by atoms with Crippen LogP contribution >= 0.6 is 0 Å². The van der Waals surface area contributed by atoms with Crippen molar-refractivity contribution in [2.45, 2.75) is 6.54 Å². The summed E-state index contributed by atoms with van der Waals surface area (Å²) < 4.78 is 7.02. The highest BCUT2D eigenvalue weighted by molar-refractivity contribution is 6.10. The molecule has 0 aliphatic carbocycles. The van der Waals surface area contributed by atoms with E-state index in [4.69, 9.17) is 4.74 Å². The predicted molar refractivity (Wildman–Crippen MR) is 106 cm³/mol. The molecule has 0 unspecified atom stereocenters. The van der Waals surface area contributed by atoms with Crippen LogP contribution in [0.4, 0.5) is 11.4 Å². The molecule has 2 aliphatic heterocycles. The van der Waals surface area contributed by atoms with Crippen LogP contribution < -0.4 is 10.2 Å². The van der Waals surface area contributed by atoms with E-state index in [9.17, 15) is 9.59 Å². The molecule has 0 atom stereocenters. The molecule has 0 spiro atoms. The maximum atomic E-state index is 13.0. The third-order valence-electron chi connectivity index (χ3n) is 5.33. The van der Waals surface area contributed by atoms with Crippen LogP contribution in [0.3, 0.4) is 0 Å². The van der Waals surface area contributed by atoms with Gasteiger partial charge in [0.05, 0.1) is 30.8 Å². The van der Waals surface area contributed by atoms with Gasteiger partial charge in [-0.2, -0.15) is 5.10 Å². The molecule has 0 radical (unpaired) electrons. The number of morpholine rings is 1. The molecule has 0 saturated carbocycles. The number of anilines is 2. The van der Waals surface area contributed by atoms with Gasteiger partial charge >= 0.3 is 0 Å². The highest BCUT2D eigenvalue weighted by atomic mass is 16.5. The van der Waals surface area contributed by atoms with E-state index in [1.54, 1.807) is 34.9 Å². The lowest BCUT2D eigenvalue weighted by atomic mass is 10.1. The number of rotatable bonds is 3. The Hall–Kier alpha value is -3.46. The summed E-state index contributed by atoms with van der Waals surface area (Å²) in [6, 6.07) is 5.54. The number of amides is 2. The topological polar surface area (TPSA) is 92.1 Å². The minimum absolute atomic E-state index is 0.000727. The van der Waals surface area contributed by atoms with Crippen molar-refractivity contribution < 1.29 is 14.3 Å². The lowest BCUT2D eigenvalue weighted by Gasteiger charge is -2.31. The number of ether oxygens (including phenoxy) is 1. The van der Waals surface area contributed by atoms with Gasteiger partial charge in [-0.15, -0.1) is 0 Å². The van der Waals surface area contributed by atoms with Gasteiger partial charge in [0, 0.05) is 44.6 Å². The molecule has 0 bridgehead atoms. The Morgan fingerprint density at radius 3 is 2.90 bits per heavy atom. The first-order chi connectivity index (χ1) is 14.1. The summed E-state index contributed by atoms with van der Waals surface area (Å²) >= 11 is 0. The maximum absolute atomic E-state index is 13.0. The normalized spacial score (nSPS) is 16.4. The zero-order valence-corrected chi connectivity index (χ0v) is 16.0. The second-order valence-electron chi connectivity index (χ2n) is 7.19. The standard InChI is InChI=1S/C20H20N6O3/c1-24-12-13-9-16(17(10-14(13)20(24)28)25-5-7-29-8-6-25)23-19(27)15-11-22-26-4-2-3-21-18(15)26/h2-4,9-11H,5-8,12H2,1H3,(H,23,27). The molecule has 29 heavy (non-hydrogen) atoms. The highest BCUT2D eigenvalue weighted by Crippen LogP contribution is 2.34. The van der Waals surface area contributed by atoms with Gasteiger partial charge in [0.15, 0.2) is 5.65 Å². The Kier molecular flexibility index (Phi) is 4.17. The molecule has 1 N–H and O–H groups in total. The fourth-order valence-corrected chi connectivity index (χ4v) is 3.84. The quantitative estimate of drug-likeness (QED) is 0.725. The van der Waals surface area contributed by atoms with Crippen molar-refractivity contribution in [2.24, 2.45) is 0 Å². The molecule has 3 aromatic rings. The average molecular weight is 392 g/mol. The average Bonchev–Trinajstić information content (AvgIpc) is 3.29. The van der Waals surface area contributed by atoms with E-state index in [0.717, 1.165) is 11.3 Å². The number of benzene rings is 1. The summed E-state index contributed by atoms with van der Waals surface area (Å²) in [6.07, 6.45) is 4.88. The summed E-state index contributed by atoms with van der Waals surface area (Å²) in [7, 11) is 1.78. The maximum Gasteiger partial charge on any atom is 0.261 e. The van der Waals surface area contributed by atoms with Crippen molar-refractivity contribution in [1.29, 1.82) is 0 Å². The molecule has 9 heteroatoms. The van der Waals surface area contributed by atoms with E-state index in [0.29, 0.717) is 55.3 Å². The predicted octanol–water partition coefficient (Wildman–Crippen LogP) is 1.40. The zero-order valence-electron chi connectivity index (χ0n) is 16.0. The largest absolute Gasteiger partial charge is 0.378 e. The molecule has 9 nitrogen and oxygen atoms in total. The first-order valence-corrected chi connectivity index (χ1v) is 9.46. The van der Waals surface area contributed by atoms with Crippen LogP contribution in [0, 0.1) is 0 Å². The van der Waals surface area contributed by atoms with Gasteiger partial charge in [-0.1, -0.05) is 0 Å². The van der Waals surface area contributed by atoms with E-state index in [1.165, 1.54) is 6.20 Å². The third kappa shape index (κ3) is 2.99. The minimum atomic E-state index is -0.286. The number of nitrogens with one attached hydrogen (secondary N) is 1. The first-order valence-electron chi connectivity index (χ1n) is 9.46. The molecule has 4 heterocycles. The summed E-state index contributed by atoms with van der Waals surface area (Å²) in [4.78, 5) is 33.6. The zero-order chi connectivity index (χ0) is 20.0. The van der Waals surface area contributed by atoms with Crippen LogP contribution in [0.2, 0.25) is 0 Å². The third-order valence-corrected chi connectivity index (χ3v) is 5.33. The van der Waals surface area contributed by atoms with Crippen molar-refractivity contribution in [3.63, 3.8) is 0 Å². The van der Waals surface area contributed by atoms with Gasteiger partial charge in [-0.25, -0.2) is 9.50 Å². The Morgan fingerprint density at radius 2 is 2.07 bits per heavy atom. The van der Waals surface area contributed by atoms with E-state index in [2.05, 4.69) is 20.3 Å². The monoisotopic (exact) mass is 392 g/mol. The van der Waals surface area contributed by atoms with Gasteiger partial charge in [0.1, 0.15) is 5.56 Å². The number of hydrogen-bond acceptors (Lipinski definition) is 6. The molecule has 2 aliphatic rings. The smallest absolute Gasteiger partial charge is 0.261 e. The second-order valence-corrected chi connectivity index (χ2v) is 7.19. The number of carbonyl (C=O) groups is 2. The van der Waals surface area contributed by atoms with Crippen molar-refractivity contribution in [2.75, 3.05) is 43.6 Å². The van der Waals surface area contributed by atoms with Crippen LogP contribution in [0.5, 0.6) is 0 Å². The second kappa shape index (κ2) is 6.85. The Labute approximate surface area is 166 Å². The number of carbonyl (C=O) groups excluding carboxylic acids is 2. The summed E-state index contributed by atoms with van der Waals surface area (Å²) in [5, 5.41) is 7.20. The Morgan fingerprint density at radius 1 is 1.24 bits per heavy atom. The molecule has 2 aromatic heterocycles. The molecule has 1 saturated heterocycles. The summed E-state index contributed by atoms with van der Waals surface area (Å²) in [5.74, 6) is -0.287. The lowest BCUT2D eigenvalue weighted by Crippen LogP contribution is -2.37. The van der Waals surface area contributed by atoms with E-state index in [1.807, 2.05) is 12.1 Å². The van der Waals surface area contributed by atoms with Gasteiger partial charge in [-0.05, 0) is 23.8 Å². The first kappa shape index (κ1) is 17.6. The number of hydrogen-bond donors (Lipinski definition) is 1. The minimum Gasteiger partial charge on any atom is -0.378 e. The van der Waals surface area contributed by atoms with Gasteiger partial charge < -0.3 is 19.9 Å². The van der Waals surface area contributed by atoms with Crippen molar-refractivity contribution in [1.82, 2.24) is 19.5 Å². The van der Waals surface area contributed by atoms with Crippen LogP contribution in [0.25, 0.3) is 5.65 Å². The van der Waals surface area contributed by atoms with Gasteiger partial charge in [0.2, 0.25) is 0 Å². The number of nitrogens with zero attached hydrogens (tertiary/aromatic N) is 5. The molecule has 1 aromatic carbocycles. The molecular formula is C20H20N6O3. The van der Waals surface area contributed by atoms with E-state index in [-0.39, 0.29) is 11.8 Å². The molecule has 5 rings (SSSR count). The van der Waals surface area contributed by atoms with Crippen molar-refractivity contribution in [3.8, 4) is 0 Å². The van der Waals surface area contributed by atoms with Crippen LogP contribution in [-0.2, 0) is 11.3 Å². The number of fused-ring (bicyclic) bond motifs is 2. The fraction of sp³-hybridized carbons (Fsp3) is 0.300. The van der Waals surface area contributed by atoms with Crippen LogP contribution in [-0.4, -0.2) is 64.7 Å². The molecule has 148 valence electrons. The lowest BCUT2D eigenvalue weighted by molar-refractivity contribution is 0.0816. The van der Waals surface area contributed by atoms with Crippen LogP contribution in [0.1, 0.15) is 26.3 Å². The van der Waals surface area contributed by atoms with Gasteiger partial charge in [0.25, 0.3) is 11.8 Å². The Bertz CT molecular complexity index is 1120. The Balaban J connectivity index is 1.54. The summed E-state index contributed by atoms with van der Waals surface area (Å²) in [6.45, 7) is 3.14. The number of aromatic nitrogens is 3. The van der Waals surface area contributed by atoms with E-state index < -0.39 is 0 Å². The van der Waals surface area contributed by atoms with Gasteiger partial charge in [-0.3, -0.25) is 9.59 Å². The van der Waals surface area contributed by atoms with E-state index >= 15 is 0 Å².